The zero-order valence-corrected chi connectivity index (χ0v) is 16.9. The first-order chi connectivity index (χ1) is 14.7. The quantitative estimate of drug-likeness (QED) is 0.611. The molecular weight excluding hydrogens is 381 g/mol. The summed E-state index contributed by atoms with van der Waals surface area (Å²) in [6, 6.07) is 7.65. The molecule has 2 aromatic heterocycles. The normalized spacial score (nSPS) is 26.5. The van der Waals surface area contributed by atoms with E-state index in [4.69, 9.17) is 9.72 Å². The van der Waals surface area contributed by atoms with Gasteiger partial charge in [-0.1, -0.05) is 0 Å². The molecule has 6 rings (SSSR count). The number of halogens is 1. The van der Waals surface area contributed by atoms with E-state index in [9.17, 15) is 4.39 Å². The molecule has 2 saturated heterocycles. The molecule has 3 aromatic rings. The van der Waals surface area contributed by atoms with Crippen LogP contribution >= 0.6 is 0 Å². The van der Waals surface area contributed by atoms with E-state index in [2.05, 4.69) is 15.3 Å². The number of ether oxygens (including phenoxy) is 1. The van der Waals surface area contributed by atoms with E-state index < -0.39 is 0 Å². The van der Waals surface area contributed by atoms with Gasteiger partial charge >= 0.3 is 0 Å². The Kier molecular flexibility index (Phi) is 4.37. The molecule has 3 atom stereocenters. The Morgan fingerprint density at radius 1 is 1.13 bits per heavy atom. The molecule has 3 aliphatic rings. The molecule has 0 saturated carbocycles. The maximum absolute atomic E-state index is 14.8. The first kappa shape index (κ1) is 18.1. The Morgan fingerprint density at radius 2 is 2.10 bits per heavy atom. The van der Waals surface area contributed by atoms with Crippen LogP contribution in [-0.2, 0) is 0 Å². The summed E-state index contributed by atoms with van der Waals surface area (Å²) < 4.78 is 22.9. The highest BCUT2D eigenvalue weighted by Crippen LogP contribution is 2.35. The Hall–Kier alpha value is -2.67. The number of benzene rings is 1. The first-order valence-corrected chi connectivity index (χ1v) is 11.0. The highest BCUT2D eigenvalue weighted by atomic mass is 19.1. The summed E-state index contributed by atoms with van der Waals surface area (Å²) in [5, 5.41) is 7.84. The number of fused-ring (bicyclic) bond motifs is 7. The average molecular weight is 407 g/mol. The number of nitrogens with zero attached hydrogens (tertiary/aromatic N) is 4. The zero-order chi connectivity index (χ0) is 20.1. The van der Waals surface area contributed by atoms with Gasteiger partial charge in [-0.05, 0) is 68.8 Å². The van der Waals surface area contributed by atoms with Crippen LogP contribution in [0.2, 0.25) is 0 Å². The van der Waals surface area contributed by atoms with E-state index >= 15 is 0 Å². The minimum absolute atomic E-state index is 0.127. The minimum atomic E-state index is -0.289. The van der Waals surface area contributed by atoms with Gasteiger partial charge in [-0.15, -0.1) is 0 Å². The van der Waals surface area contributed by atoms with Crippen molar-refractivity contribution >= 4 is 11.5 Å². The van der Waals surface area contributed by atoms with Crippen LogP contribution in [0.4, 0.5) is 10.2 Å². The fraction of sp³-hybridized carbons (Fsp3) is 0.478. The van der Waals surface area contributed by atoms with Gasteiger partial charge in [0.1, 0.15) is 23.5 Å². The second-order valence-corrected chi connectivity index (χ2v) is 8.86. The van der Waals surface area contributed by atoms with Crippen molar-refractivity contribution in [2.75, 3.05) is 25.0 Å². The van der Waals surface area contributed by atoms with E-state index in [-0.39, 0.29) is 11.9 Å². The molecule has 0 radical (unpaired) electrons. The highest BCUT2D eigenvalue weighted by Gasteiger charge is 2.34. The van der Waals surface area contributed by atoms with Crippen molar-refractivity contribution in [1.82, 2.24) is 19.5 Å². The smallest absolute Gasteiger partial charge is 0.165 e. The van der Waals surface area contributed by atoms with Crippen LogP contribution in [0.3, 0.4) is 0 Å². The van der Waals surface area contributed by atoms with E-state index in [1.807, 2.05) is 12.3 Å². The van der Waals surface area contributed by atoms with Crippen LogP contribution in [0.1, 0.15) is 32.1 Å². The summed E-state index contributed by atoms with van der Waals surface area (Å²) in [4.78, 5) is 7.33. The summed E-state index contributed by atoms with van der Waals surface area (Å²) >= 11 is 0. The van der Waals surface area contributed by atoms with Crippen molar-refractivity contribution in [3.8, 4) is 16.9 Å². The summed E-state index contributed by atoms with van der Waals surface area (Å²) in [5.41, 5.74) is 1.80. The van der Waals surface area contributed by atoms with Crippen LogP contribution in [0.5, 0.6) is 5.75 Å². The molecule has 156 valence electrons. The van der Waals surface area contributed by atoms with Gasteiger partial charge in [0.25, 0.3) is 0 Å². The molecule has 0 aliphatic carbocycles. The van der Waals surface area contributed by atoms with E-state index in [1.54, 1.807) is 22.8 Å². The van der Waals surface area contributed by atoms with Gasteiger partial charge in [-0.3, -0.25) is 4.90 Å². The number of rotatable bonds is 0. The molecule has 3 aliphatic heterocycles. The third kappa shape index (κ3) is 3.21. The van der Waals surface area contributed by atoms with Gasteiger partial charge in [0.05, 0.1) is 6.20 Å². The lowest BCUT2D eigenvalue weighted by Crippen LogP contribution is -2.36. The minimum Gasteiger partial charge on any atom is -0.489 e. The van der Waals surface area contributed by atoms with Gasteiger partial charge in [0, 0.05) is 36.5 Å². The van der Waals surface area contributed by atoms with E-state index in [0.29, 0.717) is 28.7 Å². The van der Waals surface area contributed by atoms with Crippen molar-refractivity contribution in [1.29, 1.82) is 0 Å². The van der Waals surface area contributed by atoms with Crippen LogP contribution in [0.15, 0.2) is 36.7 Å². The third-order valence-corrected chi connectivity index (χ3v) is 6.90. The third-order valence-electron chi connectivity index (χ3n) is 6.90. The fourth-order valence-electron chi connectivity index (χ4n) is 5.45. The second-order valence-electron chi connectivity index (χ2n) is 8.86. The molecular formula is C23H26FN5O. The van der Waals surface area contributed by atoms with Crippen LogP contribution < -0.4 is 10.1 Å². The van der Waals surface area contributed by atoms with Crippen molar-refractivity contribution in [3.63, 3.8) is 0 Å². The number of hydrogen-bond donors (Lipinski definition) is 1. The van der Waals surface area contributed by atoms with Crippen LogP contribution in [-0.4, -0.2) is 51.3 Å². The Morgan fingerprint density at radius 3 is 3.07 bits per heavy atom. The molecule has 6 bridgehead atoms. The molecule has 1 aromatic carbocycles. The Bertz CT molecular complexity index is 1080. The lowest BCUT2D eigenvalue weighted by molar-refractivity contribution is 0.134. The van der Waals surface area contributed by atoms with Crippen LogP contribution in [0, 0.1) is 11.7 Å². The van der Waals surface area contributed by atoms with Gasteiger partial charge in [-0.25, -0.2) is 13.9 Å². The lowest BCUT2D eigenvalue weighted by atomic mass is 9.92. The highest BCUT2D eigenvalue weighted by molar-refractivity contribution is 5.78. The predicted octanol–water partition coefficient (Wildman–Crippen LogP) is 3.97. The molecule has 5 heterocycles. The maximum atomic E-state index is 14.8. The second kappa shape index (κ2) is 7.23. The van der Waals surface area contributed by atoms with Crippen LogP contribution in [0.25, 0.3) is 16.8 Å². The van der Waals surface area contributed by atoms with Gasteiger partial charge in [0.2, 0.25) is 0 Å². The molecule has 0 spiro atoms. The topological polar surface area (TPSA) is 54.7 Å². The monoisotopic (exact) mass is 407 g/mol. The Labute approximate surface area is 175 Å². The largest absolute Gasteiger partial charge is 0.489 e. The average Bonchev–Trinajstić information content (AvgIpc) is 3.31. The molecule has 7 heteroatoms. The van der Waals surface area contributed by atoms with E-state index in [0.717, 1.165) is 44.0 Å². The van der Waals surface area contributed by atoms with Crippen molar-refractivity contribution in [2.45, 2.75) is 44.2 Å². The predicted molar refractivity (Wildman–Crippen MR) is 113 cm³/mol. The SMILES string of the molecule is Fc1ccc2cc1-c1cnn3ccc(nc13)NCCC1C[C@@H](CN3CCC[C@H]3C1)O2. The summed E-state index contributed by atoms with van der Waals surface area (Å²) in [6.07, 6.45) is 9.60. The molecule has 6 nitrogen and oxygen atoms in total. The van der Waals surface area contributed by atoms with Gasteiger partial charge in [-0.2, -0.15) is 5.10 Å². The summed E-state index contributed by atoms with van der Waals surface area (Å²) in [7, 11) is 0. The standard InChI is InChI=1S/C23H26FN5O/c24-21-4-3-17-12-19(21)20-13-26-29-9-6-22(27-23(20)29)25-7-5-15-10-16-2-1-8-28(16)14-18(11-15)30-17/h3-4,6,9,12-13,15-16,18H,1-2,5,7-8,10-11,14H2,(H,25,27)/t15?,16-,18-/m0/s1. The number of hydrogen-bond acceptors (Lipinski definition) is 5. The lowest BCUT2D eigenvalue weighted by Gasteiger charge is -2.25. The molecule has 1 N–H and O–H groups in total. The molecule has 0 amide bonds. The first-order valence-electron chi connectivity index (χ1n) is 11.0. The number of aromatic nitrogens is 3. The molecule has 1 unspecified atom stereocenters. The molecule has 30 heavy (non-hydrogen) atoms. The maximum Gasteiger partial charge on any atom is 0.165 e. The molecule has 2 fully saturated rings. The number of anilines is 1. The van der Waals surface area contributed by atoms with Gasteiger partial charge < -0.3 is 10.1 Å². The van der Waals surface area contributed by atoms with Gasteiger partial charge in [0.15, 0.2) is 5.65 Å². The summed E-state index contributed by atoms with van der Waals surface area (Å²) in [6.45, 7) is 2.99. The Balaban J connectivity index is 1.44. The van der Waals surface area contributed by atoms with Crippen molar-refractivity contribution < 1.29 is 9.13 Å². The summed E-state index contributed by atoms with van der Waals surface area (Å²) in [5.74, 6) is 1.84. The number of nitrogens with one attached hydrogen (secondary N) is 1. The fourth-order valence-corrected chi connectivity index (χ4v) is 5.45. The van der Waals surface area contributed by atoms with Crippen molar-refractivity contribution in [3.05, 3.63) is 42.5 Å². The van der Waals surface area contributed by atoms with E-state index in [1.165, 1.54) is 25.3 Å². The zero-order valence-electron chi connectivity index (χ0n) is 16.9. The van der Waals surface area contributed by atoms with Crippen molar-refractivity contribution in [2.24, 2.45) is 5.92 Å².